The minimum absolute atomic E-state index is 0.0600. The van der Waals surface area contributed by atoms with Crippen LogP contribution >= 0.6 is 11.3 Å². The molecule has 2 aromatic heterocycles. The molecule has 2 heterocycles. The molecule has 160 valence electrons. The number of benzene rings is 2. The monoisotopic (exact) mass is 436 g/mol. The summed E-state index contributed by atoms with van der Waals surface area (Å²) in [6, 6.07) is 13.3. The highest BCUT2D eigenvalue weighted by molar-refractivity contribution is 7.17. The number of aliphatic hydroxyl groups is 1. The number of methoxy groups -OCH3 is 1. The number of aryl methyl sites for hydroxylation is 2. The number of hydrogen-bond donors (Lipinski definition) is 1. The van der Waals surface area contributed by atoms with Crippen LogP contribution in [0.25, 0.3) is 21.3 Å². The smallest absolute Gasteiger partial charge is 0.262 e. The maximum Gasteiger partial charge on any atom is 0.262 e. The third-order valence-corrected chi connectivity index (χ3v) is 6.17. The summed E-state index contributed by atoms with van der Waals surface area (Å²) < 4.78 is 12.2. The van der Waals surface area contributed by atoms with Gasteiger partial charge in [-0.2, -0.15) is 0 Å². The Hall–Kier alpha value is -3.16. The van der Waals surface area contributed by atoms with Gasteiger partial charge in [0.05, 0.1) is 25.4 Å². The van der Waals surface area contributed by atoms with Crippen molar-refractivity contribution in [2.75, 3.05) is 13.7 Å². The Labute approximate surface area is 184 Å². The van der Waals surface area contributed by atoms with E-state index in [2.05, 4.69) is 31.0 Å². The molecule has 0 fully saturated rings. The summed E-state index contributed by atoms with van der Waals surface area (Å²) >= 11 is 1.45. The van der Waals surface area contributed by atoms with Crippen molar-refractivity contribution < 1.29 is 14.6 Å². The third-order valence-electron chi connectivity index (χ3n) is 5.29. The number of aliphatic hydroxyl groups excluding tert-OH is 1. The Morgan fingerprint density at radius 1 is 1.10 bits per heavy atom. The molecule has 2 aromatic carbocycles. The lowest BCUT2D eigenvalue weighted by atomic mass is 10.0. The molecule has 1 N–H and O–H groups in total. The van der Waals surface area contributed by atoms with Gasteiger partial charge in [0.15, 0.2) is 0 Å². The molecular weight excluding hydrogens is 412 g/mol. The predicted octanol–water partition coefficient (Wildman–Crippen LogP) is 4.19. The van der Waals surface area contributed by atoms with E-state index in [1.165, 1.54) is 33.4 Å². The number of hydrogen-bond acceptors (Lipinski definition) is 6. The molecule has 6 nitrogen and oxygen atoms in total. The number of thiophene rings is 1. The molecule has 0 saturated carbocycles. The summed E-state index contributed by atoms with van der Waals surface area (Å²) in [6.07, 6.45) is 0.629. The SMILES string of the molecule is COc1ccc(OCC(O)Cn2cnc3scc(-c4ccc(C)c(C)c4)c3c2=O)cc1. The van der Waals surface area contributed by atoms with Crippen LogP contribution in [-0.2, 0) is 6.54 Å². The number of aromatic nitrogens is 2. The molecule has 0 aliphatic rings. The molecule has 31 heavy (non-hydrogen) atoms. The van der Waals surface area contributed by atoms with Crippen molar-refractivity contribution in [2.45, 2.75) is 26.5 Å². The molecule has 0 saturated heterocycles. The van der Waals surface area contributed by atoms with E-state index < -0.39 is 6.10 Å². The summed E-state index contributed by atoms with van der Waals surface area (Å²) in [6.45, 7) is 4.28. The Kier molecular flexibility index (Phi) is 6.06. The minimum Gasteiger partial charge on any atom is -0.497 e. The third kappa shape index (κ3) is 4.47. The summed E-state index contributed by atoms with van der Waals surface area (Å²) in [5.74, 6) is 1.35. The molecule has 4 aromatic rings. The number of rotatable bonds is 7. The number of nitrogens with zero attached hydrogens (tertiary/aromatic N) is 2. The predicted molar refractivity (Wildman–Crippen MR) is 123 cm³/mol. The van der Waals surface area contributed by atoms with Crippen LogP contribution < -0.4 is 15.0 Å². The zero-order valence-electron chi connectivity index (χ0n) is 17.7. The van der Waals surface area contributed by atoms with E-state index in [0.717, 1.165) is 16.9 Å². The van der Waals surface area contributed by atoms with Gasteiger partial charge in [-0.15, -0.1) is 11.3 Å². The van der Waals surface area contributed by atoms with E-state index in [0.29, 0.717) is 16.0 Å². The summed E-state index contributed by atoms with van der Waals surface area (Å²) in [5.41, 5.74) is 4.09. The molecule has 4 rings (SSSR count). The van der Waals surface area contributed by atoms with Crippen molar-refractivity contribution in [2.24, 2.45) is 0 Å². The van der Waals surface area contributed by atoms with E-state index in [9.17, 15) is 9.90 Å². The van der Waals surface area contributed by atoms with E-state index in [4.69, 9.17) is 9.47 Å². The zero-order chi connectivity index (χ0) is 22.0. The molecule has 0 aliphatic carbocycles. The first-order valence-corrected chi connectivity index (χ1v) is 10.8. The summed E-state index contributed by atoms with van der Waals surface area (Å²) in [5, 5.41) is 13.0. The largest absolute Gasteiger partial charge is 0.497 e. The van der Waals surface area contributed by atoms with Crippen LogP contribution in [0.3, 0.4) is 0 Å². The molecule has 7 heteroatoms. The molecule has 0 aliphatic heterocycles. The lowest BCUT2D eigenvalue weighted by molar-refractivity contribution is 0.0914. The van der Waals surface area contributed by atoms with E-state index in [-0.39, 0.29) is 18.7 Å². The van der Waals surface area contributed by atoms with Gasteiger partial charge in [0.2, 0.25) is 0 Å². The van der Waals surface area contributed by atoms with Gasteiger partial charge in [0.25, 0.3) is 5.56 Å². The van der Waals surface area contributed by atoms with Gasteiger partial charge in [-0.1, -0.05) is 18.2 Å². The minimum atomic E-state index is -0.859. The lowest BCUT2D eigenvalue weighted by Crippen LogP contribution is -2.30. The van der Waals surface area contributed by atoms with Crippen LogP contribution in [0.15, 0.2) is 59.0 Å². The Balaban J connectivity index is 1.54. The highest BCUT2D eigenvalue weighted by Gasteiger charge is 2.16. The van der Waals surface area contributed by atoms with E-state index >= 15 is 0 Å². The average molecular weight is 437 g/mol. The van der Waals surface area contributed by atoms with Gasteiger partial charge >= 0.3 is 0 Å². The highest BCUT2D eigenvalue weighted by Crippen LogP contribution is 2.31. The Bertz CT molecular complexity index is 1260. The van der Waals surface area contributed by atoms with Gasteiger partial charge in [0.1, 0.15) is 29.0 Å². The van der Waals surface area contributed by atoms with Gasteiger partial charge in [-0.3, -0.25) is 9.36 Å². The number of fused-ring (bicyclic) bond motifs is 1. The maximum absolute atomic E-state index is 13.2. The standard InChI is InChI=1S/C24H24N2O4S/c1-15-4-5-17(10-16(15)2)21-13-31-23-22(21)24(28)26(14-25-23)11-18(27)12-30-20-8-6-19(29-3)7-9-20/h4-10,13-14,18,27H,11-12H2,1-3H3. The van der Waals surface area contributed by atoms with Crippen molar-refractivity contribution in [1.82, 2.24) is 9.55 Å². The van der Waals surface area contributed by atoms with Crippen molar-refractivity contribution in [3.05, 3.63) is 75.7 Å². The van der Waals surface area contributed by atoms with Crippen molar-refractivity contribution in [1.29, 1.82) is 0 Å². The second-order valence-electron chi connectivity index (χ2n) is 7.47. The van der Waals surface area contributed by atoms with E-state index in [1.807, 2.05) is 11.4 Å². The Morgan fingerprint density at radius 2 is 1.84 bits per heavy atom. The van der Waals surface area contributed by atoms with Crippen LogP contribution in [0, 0.1) is 13.8 Å². The molecule has 1 atom stereocenters. The van der Waals surface area contributed by atoms with Crippen LogP contribution in [0.4, 0.5) is 0 Å². The number of ether oxygens (including phenoxy) is 2. The first-order valence-electron chi connectivity index (χ1n) is 9.95. The first-order chi connectivity index (χ1) is 15.0. The van der Waals surface area contributed by atoms with Gasteiger partial charge in [-0.25, -0.2) is 4.98 Å². The van der Waals surface area contributed by atoms with Crippen LogP contribution in [0.5, 0.6) is 11.5 Å². The molecule has 0 amide bonds. The van der Waals surface area contributed by atoms with Crippen LogP contribution in [-0.4, -0.2) is 34.5 Å². The highest BCUT2D eigenvalue weighted by atomic mass is 32.1. The van der Waals surface area contributed by atoms with Crippen LogP contribution in [0.2, 0.25) is 0 Å². The topological polar surface area (TPSA) is 73.6 Å². The maximum atomic E-state index is 13.2. The zero-order valence-corrected chi connectivity index (χ0v) is 18.5. The van der Waals surface area contributed by atoms with Crippen LogP contribution in [0.1, 0.15) is 11.1 Å². The molecular formula is C24H24N2O4S. The fourth-order valence-corrected chi connectivity index (χ4v) is 4.27. The van der Waals surface area contributed by atoms with Gasteiger partial charge in [-0.05, 0) is 54.8 Å². The van der Waals surface area contributed by atoms with Gasteiger partial charge in [0, 0.05) is 10.9 Å². The average Bonchev–Trinajstić information content (AvgIpc) is 3.21. The molecule has 1 unspecified atom stereocenters. The molecule has 0 bridgehead atoms. The van der Waals surface area contributed by atoms with Crippen molar-refractivity contribution in [3.8, 4) is 22.6 Å². The quantitative estimate of drug-likeness (QED) is 0.470. The lowest BCUT2D eigenvalue weighted by Gasteiger charge is -2.14. The second-order valence-corrected chi connectivity index (χ2v) is 8.33. The molecule has 0 radical (unpaired) electrons. The fourth-order valence-electron chi connectivity index (χ4n) is 3.36. The van der Waals surface area contributed by atoms with E-state index in [1.54, 1.807) is 31.4 Å². The Morgan fingerprint density at radius 3 is 2.55 bits per heavy atom. The van der Waals surface area contributed by atoms with Crippen molar-refractivity contribution in [3.63, 3.8) is 0 Å². The van der Waals surface area contributed by atoms with Gasteiger partial charge < -0.3 is 14.6 Å². The summed E-state index contributed by atoms with van der Waals surface area (Å²) in [4.78, 5) is 18.3. The first kappa shape index (κ1) is 21.1. The fraction of sp³-hybridized carbons (Fsp3) is 0.250. The molecule has 0 spiro atoms. The normalized spacial score (nSPS) is 12.1. The second kappa shape index (κ2) is 8.91. The van der Waals surface area contributed by atoms with Crippen molar-refractivity contribution >= 4 is 21.6 Å². The summed E-state index contributed by atoms with van der Waals surface area (Å²) in [7, 11) is 1.60.